The second-order valence-corrected chi connectivity index (χ2v) is 13.2. The lowest BCUT2D eigenvalue weighted by Gasteiger charge is -2.23. The van der Waals surface area contributed by atoms with Crippen molar-refractivity contribution < 1.29 is 29.8 Å². The summed E-state index contributed by atoms with van der Waals surface area (Å²) in [7, 11) is -13.6. The first kappa shape index (κ1) is 23.2. The van der Waals surface area contributed by atoms with Crippen LogP contribution in [0, 0.1) is 0 Å². The largest absolute Gasteiger partial charge is 0.379 e. The zero-order valence-electron chi connectivity index (χ0n) is 15.8. The fraction of sp³-hybridized carbons (Fsp3) is 0.412. The monoisotopic (exact) mass is 494 g/mol. The average Bonchev–Trinajstić information content (AvgIpc) is 3.18. The molecule has 2 aromatic rings. The minimum Gasteiger partial charge on any atom is -0.379 e. The molecule has 1 aromatic heterocycles. The number of hydrogen-bond acceptors (Lipinski definition) is 8. The van der Waals surface area contributed by atoms with Crippen LogP contribution in [0.15, 0.2) is 44.3 Å². The molecule has 0 spiro atoms. The first-order valence-electron chi connectivity index (χ1n) is 9.09. The summed E-state index contributed by atoms with van der Waals surface area (Å²) in [5.41, 5.74) is -0.215. The highest BCUT2D eigenvalue weighted by Gasteiger charge is 2.35. The number of rotatable bonds is 7. The molecule has 1 aromatic carbocycles. The maximum Gasteiger partial charge on any atom is 0.296 e. The number of benzene rings is 1. The van der Waals surface area contributed by atoms with E-state index in [1.54, 1.807) is 12.1 Å². The molecule has 30 heavy (non-hydrogen) atoms. The smallest absolute Gasteiger partial charge is 0.296 e. The van der Waals surface area contributed by atoms with Gasteiger partial charge in [0.15, 0.2) is 9.84 Å². The summed E-state index contributed by atoms with van der Waals surface area (Å²) in [5.74, 6) is 0. The highest BCUT2D eigenvalue weighted by Crippen LogP contribution is 2.36. The van der Waals surface area contributed by atoms with Gasteiger partial charge >= 0.3 is 0 Å². The molecule has 0 bridgehead atoms. The third kappa shape index (κ3) is 5.03. The van der Waals surface area contributed by atoms with E-state index in [4.69, 9.17) is 5.14 Å². The Kier molecular flexibility index (Phi) is 6.60. The van der Waals surface area contributed by atoms with Gasteiger partial charge in [0.25, 0.3) is 10.1 Å². The molecular weight excluding hydrogens is 472 g/mol. The Labute approximate surface area is 180 Å². The van der Waals surface area contributed by atoms with Crippen molar-refractivity contribution in [1.29, 1.82) is 0 Å². The maximum atomic E-state index is 13.2. The maximum absolute atomic E-state index is 13.2. The van der Waals surface area contributed by atoms with Gasteiger partial charge in [-0.15, -0.1) is 11.3 Å². The predicted molar refractivity (Wildman–Crippen MR) is 113 cm³/mol. The van der Waals surface area contributed by atoms with Gasteiger partial charge in [0.1, 0.15) is 9.79 Å². The molecule has 1 aliphatic carbocycles. The Morgan fingerprint density at radius 1 is 1.00 bits per heavy atom. The Morgan fingerprint density at radius 3 is 2.20 bits per heavy atom. The molecule has 1 aliphatic rings. The average molecular weight is 495 g/mol. The van der Waals surface area contributed by atoms with Gasteiger partial charge in [0.2, 0.25) is 10.0 Å². The Morgan fingerprint density at radius 2 is 1.67 bits per heavy atom. The normalized spacial score (nSPS) is 16.5. The van der Waals surface area contributed by atoms with Gasteiger partial charge in [-0.1, -0.05) is 25.3 Å². The number of thiophene rings is 1. The highest BCUT2D eigenvalue weighted by molar-refractivity contribution is 7.94. The van der Waals surface area contributed by atoms with Crippen LogP contribution in [0.3, 0.4) is 0 Å². The van der Waals surface area contributed by atoms with E-state index >= 15 is 0 Å². The molecule has 0 amide bonds. The lowest BCUT2D eigenvalue weighted by Crippen LogP contribution is -2.27. The van der Waals surface area contributed by atoms with Crippen molar-refractivity contribution in [3.63, 3.8) is 0 Å². The molecular formula is C17H22N2O7S4. The molecule has 1 heterocycles. The zero-order chi connectivity index (χ0) is 22.2. The molecule has 0 saturated heterocycles. The van der Waals surface area contributed by atoms with Crippen LogP contribution in [0.4, 0.5) is 5.69 Å². The van der Waals surface area contributed by atoms with Crippen molar-refractivity contribution >= 4 is 47.0 Å². The predicted octanol–water partition coefficient (Wildman–Crippen LogP) is 2.36. The molecule has 13 heteroatoms. The molecule has 0 unspecified atom stereocenters. The Hall–Kier alpha value is -1.51. The summed E-state index contributed by atoms with van der Waals surface area (Å²) >= 11 is 1.39. The first-order valence-corrected chi connectivity index (χ1v) is 14.5. The Balaban J connectivity index is 2.20. The van der Waals surface area contributed by atoms with Crippen molar-refractivity contribution in [3.05, 3.63) is 34.5 Å². The molecule has 9 nitrogen and oxygen atoms in total. The topological polar surface area (TPSA) is 161 Å². The second kappa shape index (κ2) is 8.55. The van der Waals surface area contributed by atoms with Crippen LogP contribution >= 0.6 is 11.3 Å². The van der Waals surface area contributed by atoms with Crippen molar-refractivity contribution in [2.45, 2.75) is 58.6 Å². The number of nitrogens with two attached hydrogens (primary N) is 1. The van der Waals surface area contributed by atoms with Crippen LogP contribution in [-0.4, -0.2) is 35.1 Å². The fourth-order valence-corrected chi connectivity index (χ4v) is 8.14. The molecule has 0 aliphatic heterocycles. The summed E-state index contributed by atoms with van der Waals surface area (Å²) in [6.07, 6.45) is 3.04. The number of hydrogen-bond donors (Lipinski definition) is 3. The quantitative estimate of drug-likeness (QED) is 0.494. The lowest BCUT2D eigenvalue weighted by molar-refractivity contribution is 0.480. The summed E-state index contributed by atoms with van der Waals surface area (Å²) in [5, 5.41) is 9.02. The molecule has 0 radical (unpaired) electrons. The Bertz CT molecular complexity index is 1230. The lowest BCUT2D eigenvalue weighted by atomic mass is 10.0. The van der Waals surface area contributed by atoms with Crippen molar-refractivity contribution in [1.82, 2.24) is 0 Å². The van der Waals surface area contributed by atoms with Gasteiger partial charge in [-0.2, -0.15) is 8.42 Å². The minimum absolute atomic E-state index is 0.151. The van der Waals surface area contributed by atoms with E-state index in [-0.39, 0.29) is 12.2 Å². The number of anilines is 1. The van der Waals surface area contributed by atoms with Gasteiger partial charge in [-0.3, -0.25) is 4.55 Å². The standard InChI is InChI=1S/C17H22N2O7S4/c18-29(22,23)17-10-15(30(24,25)26)14(19-11-12-5-4-8-27-12)9-16(17)28(20,21)13-6-2-1-3-7-13/h4-5,8-10,13,19H,1-3,6-7,11H2,(H2,18,22,23)(H,24,25,26). The van der Waals surface area contributed by atoms with Gasteiger partial charge in [0, 0.05) is 11.4 Å². The SMILES string of the molecule is NS(=O)(=O)c1cc(S(=O)(=O)O)c(NCc2cccs2)cc1S(=O)(=O)C1CCCCC1. The van der Waals surface area contributed by atoms with E-state index in [1.165, 1.54) is 11.3 Å². The molecule has 0 atom stereocenters. The minimum atomic E-state index is -4.87. The van der Waals surface area contributed by atoms with Crippen molar-refractivity contribution in [2.75, 3.05) is 5.32 Å². The van der Waals surface area contributed by atoms with E-state index in [0.717, 1.165) is 17.4 Å². The summed E-state index contributed by atoms with van der Waals surface area (Å²) in [6, 6.07) is 5.12. The van der Waals surface area contributed by atoms with Gasteiger partial charge in [-0.05, 0) is 36.4 Å². The van der Waals surface area contributed by atoms with E-state index in [9.17, 15) is 29.8 Å². The fourth-order valence-electron chi connectivity index (χ4n) is 3.49. The van der Waals surface area contributed by atoms with Crippen LogP contribution in [0.5, 0.6) is 0 Å². The van der Waals surface area contributed by atoms with Crippen LogP contribution in [-0.2, 0) is 36.5 Å². The van der Waals surface area contributed by atoms with E-state index < -0.39 is 49.9 Å². The number of sulfonamides is 1. The number of nitrogens with one attached hydrogen (secondary N) is 1. The van der Waals surface area contributed by atoms with E-state index in [0.29, 0.717) is 31.7 Å². The first-order chi connectivity index (χ1) is 13.9. The van der Waals surface area contributed by atoms with E-state index in [2.05, 4.69) is 5.32 Å². The van der Waals surface area contributed by atoms with Crippen molar-refractivity contribution in [2.24, 2.45) is 5.14 Å². The van der Waals surface area contributed by atoms with Crippen LogP contribution in [0.2, 0.25) is 0 Å². The zero-order valence-corrected chi connectivity index (χ0v) is 19.1. The number of sulfone groups is 1. The van der Waals surface area contributed by atoms with Crippen LogP contribution in [0.1, 0.15) is 37.0 Å². The molecule has 1 saturated carbocycles. The van der Waals surface area contributed by atoms with Crippen molar-refractivity contribution in [3.8, 4) is 0 Å². The molecule has 1 fully saturated rings. The summed E-state index contributed by atoms with van der Waals surface area (Å²) < 4.78 is 84.1. The van der Waals surface area contributed by atoms with Crippen LogP contribution in [0.25, 0.3) is 0 Å². The van der Waals surface area contributed by atoms with Gasteiger partial charge < -0.3 is 5.32 Å². The molecule has 4 N–H and O–H groups in total. The van der Waals surface area contributed by atoms with Gasteiger partial charge in [0.05, 0.1) is 15.8 Å². The van der Waals surface area contributed by atoms with E-state index in [1.807, 2.05) is 5.38 Å². The summed E-state index contributed by atoms with van der Waals surface area (Å²) in [6.45, 7) is 0.151. The third-order valence-corrected chi connectivity index (χ3v) is 10.1. The summed E-state index contributed by atoms with van der Waals surface area (Å²) in [4.78, 5) is -1.34. The van der Waals surface area contributed by atoms with Crippen LogP contribution < -0.4 is 10.5 Å². The second-order valence-electron chi connectivity index (χ2n) is 7.05. The highest BCUT2D eigenvalue weighted by atomic mass is 32.2. The molecule has 166 valence electrons. The third-order valence-electron chi connectivity index (χ3n) is 4.96. The van der Waals surface area contributed by atoms with Gasteiger partial charge in [-0.25, -0.2) is 22.0 Å². The molecule has 3 rings (SSSR count). The number of primary sulfonamides is 1.